The molecule has 63 heavy (non-hydrogen) atoms. The van der Waals surface area contributed by atoms with Crippen LogP contribution in [-0.4, -0.2) is 101 Å². The van der Waals surface area contributed by atoms with Crippen molar-refractivity contribution in [3.8, 4) is 34.3 Å². The number of piperidine rings is 1. The molecule has 6 N–H and O–H groups in total. The SMILES string of the molecule is C=CC(=O)N1CCC[C@@H](n2nc(-c3ccc(CNC(=O)c4cc(OC)cc(OC)c4)cc3)c3c(N)ncnc32)C1.COc1cc(OC)cc(C(=O)NCc2ccc(B(O)O)cc2)c1. The molecule has 0 bridgehead atoms. The van der Waals surface area contributed by atoms with E-state index in [2.05, 4.69) is 27.2 Å². The Balaban J connectivity index is 0.000000244. The summed E-state index contributed by atoms with van der Waals surface area (Å²) in [7, 11) is 4.62. The minimum Gasteiger partial charge on any atom is -0.497 e. The number of carbonyl (C=O) groups excluding carboxylic acids is 3. The molecule has 18 heteroatoms. The van der Waals surface area contributed by atoms with Crippen LogP contribution >= 0.6 is 0 Å². The van der Waals surface area contributed by atoms with Crippen LogP contribution in [0.5, 0.6) is 23.0 Å². The van der Waals surface area contributed by atoms with Gasteiger partial charge in [0.2, 0.25) is 5.91 Å². The number of benzene rings is 4. The van der Waals surface area contributed by atoms with Gasteiger partial charge in [-0.2, -0.15) is 5.10 Å². The molecule has 3 amide bonds. The molecular formula is C45H49BN8O9. The molecule has 17 nitrogen and oxygen atoms in total. The van der Waals surface area contributed by atoms with Gasteiger partial charge in [-0.3, -0.25) is 14.4 Å². The Morgan fingerprint density at radius 1 is 0.794 bits per heavy atom. The molecule has 0 aliphatic carbocycles. The summed E-state index contributed by atoms with van der Waals surface area (Å²) in [5.41, 5.74) is 11.5. The van der Waals surface area contributed by atoms with Crippen molar-refractivity contribution in [1.29, 1.82) is 0 Å². The topological polar surface area (TPSA) is 226 Å². The first-order valence-corrected chi connectivity index (χ1v) is 19.9. The first kappa shape index (κ1) is 45.1. The summed E-state index contributed by atoms with van der Waals surface area (Å²) < 4.78 is 22.7. The standard InChI is InChI=1S/C29H31N7O4.C16H18BNO5/c1-4-24(37)35-11-5-6-21(16-35)36-28-25(27(30)32-17-33-28)26(34-36)19-9-7-18(8-10-19)15-31-29(38)20-12-22(39-2)14-23(13-20)40-3;1-22-14-7-12(8-15(9-14)23-2)16(19)18-10-11-3-5-13(6-4-11)17(20)21/h4,7-10,12-14,17,21H,1,5-6,11,15-16H2,2-3H3,(H,31,38)(H2,30,32,33);3-9,20-21H,10H2,1-2H3,(H,18,19)/t21-;/m1./s1. The van der Waals surface area contributed by atoms with Crippen LogP contribution in [-0.2, 0) is 17.9 Å². The average Bonchev–Trinajstić information content (AvgIpc) is 3.73. The zero-order valence-corrected chi connectivity index (χ0v) is 35.4. The molecule has 1 saturated heterocycles. The summed E-state index contributed by atoms with van der Waals surface area (Å²) in [5, 5.41) is 29.4. The molecule has 7 rings (SSSR count). The lowest BCUT2D eigenvalue weighted by atomic mass is 9.80. The maximum Gasteiger partial charge on any atom is 0.488 e. The van der Waals surface area contributed by atoms with Crippen molar-refractivity contribution in [2.24, 2.45) is 0 Å². The highest BCUT2D eigenvalue weighted by Crippen LogP contribution is 2.34. The maximum atomic E-state index is 12.8. The van der Waals surface area contributed by atoms with E-state index in [4.69, 9.17) is 39.8 Å². The fourth-order valence-electron chi connectivity index (χ4n) is 6.97. The number of hydrogen-bond donors (Lipinski definition) is 5. The molecule has 1 fully saturated rings. The fourth-order valence-corrected chi connectivity index (χ4v) is 6.97. The van der Waals surface area contributed by atoms with Gasteiger partial charge in [-0.1, -0.05) is 55.1 Å². The molecule has 1 atom stereocenters. The number of ether oxygens (including phenoxy) is 4. The Morgan fingerprint density at radius 3 is 1.78 bits per heavy atom. The number of rotatable bonds is 14. The fraction of sp³-hybridized carbons (Fsp3) is 0.244. The van der Waals surface area contributed by atoms with Crippen LogP contribution in [0.15, 0.2) is 104 Å². The number of carbonyl (C=O) groups is 3. The molecule has 0 spiro atoms. The molecule has 4 aromatic carbocycles. The van der Waals surface area contributed by atoms with Gasteiger partial charge in [-0.15, -0.1) is 0 Å². The summed E-state index contributed by atoms with van der Waals surface area (Å²) in [6, 6.07) is 24.3. The van der Waals surface area contributed by atoms with E-state index in [9.17, 15) is 14.4 Å². The average molecular weight is 857 g/mol. The summed E-state index contributed by atoms with van der Waals surface area (Å²) in [5.74, 6) is 1.90. The van der Waals surface area contributed by atoms with Crippen LogP contribution in [0.25, 0.3) is 22.3 Å². The van der Waals surface area contributed by atoms with E-state index in [1.54, 1.807) is 65.6 Å². The van der Waals surface area contributed by atoms with Gasteiger partial charge >= 0.3 is 7.12 Å². The number of nitrogens with two attached hydrogens (primary N) is 1. The molecule has 1 aliphatic heterocycles. The number of anilines is 1. The highest BCUT2D eigenvalue weighted by Gasteiger charge is 2.28. The number of fused-ring (bicyclic) bond motifs is 1. The Morgan fingerprint density at radius 2 is 1.30 bits per heavy atom. The lowest BCUT2D eigenvalue weighted by molar-refractivity contribution is -0.127. The molecule has 326 valence electrons. The summed E-state index contributed by atoms with van der Waals surface area (Å²) in [4.78, 5) is 47.7. The highest BCUT2D eigenvalue weighted by atomic mass is 16.5. The number of amides is 3. The van der Waals surface area contributed by atoms with Gasteiger partial charge < -0.3 is 50.3 Å². The molecule has 2 aromatic heterocycles. The van der Waals surface area contributed by atoms with Crippen molar-refractivity contribution in [3.63, 3.8) is 0 Å². The van der Waals surface area contributed by atoms with E-state index in [0.717, 1.165) is 29.5 Å². The molecule has 0 unspecified atom stereocenters. The van der Waals surface area contributed by atoms with E-state index in [0.29, 0.717) is 88.3 Å². The molecular weight excluding hydrogens is 807 g/mol. The van der Waals surface area contributed by atoms with Gasteiger partial charge in [0.05, 0.1) is 39.9 Å². The number of hydrogen-bond acceptors (Lipinski definition) is 13. The van der Waals surface area contributed by atoms with Crippen molar-refractivity contribution < 1.29 is 43.4 Å². The second-order valence-electron chi connectivity index (χ2n) is 14.4. The van der Waals surface area contributed by atoms with E-state index < -0.39 is 7.12 Å². The first-order valence-electron chi connectivity index (χ1n) is 19.9. The Kier molecular flexibility index (Phi) is 15.0. The Bertz CT molecular complexity index is 2520. The third kappa shape index (κ3) is 11.1. The van der Waals surface area contributed by atoms with Crippen molar-refractivity contribution in [1.82, 2.24) is 35.3 Å². The van der Waals surface area contributed by atoms with Gasteiger partial charge in [0.25, 0.3) is 11.8 Å². The number of nitrogen functional groups attached to an aromatic ring is 1. The quantitative estimate of drug-likeness (QED) is 0.0780. The van der Waals surface area contributed by atoms with Crippen molar-refractivity contribution >= 4 is 47.2 Å². The summed E-state index contributed by atoms with van der Waals surface area (Å²) >= 11 is 0. The van der Waals surface area contributed by atoms with Gasteiger partial charge in [0, 0.05) is 55.0 Å². The molecule has 6 aromatic rings. The Hall–Kier alpha value is -7.44. The minimum absolute atomic E-state index is 0.0482. The predicted octanol–water partition coefficient (Wildman–Crippen LogP) is 3.69. The number of nitrogens with zero attached hydrogens (tertiary/aromatic N) is 5. The number of methoxy groups -OCH3 is 4. The van der Waals surface area contributed by atoms with E-state index in [1.807, 2.05) is 28.9 Å². The molecule has 1 aliphatic rings. The van der Waals surface area contributed by atoms with Gasteiger partial charge in [-0.25, -0.2) is 14.6 Å². The summed E-state index contributed by atoms with van der Waals surface area (Å²) in [6.45, 7) is 5.47. The largest absolute Gasteiger partial charge is 0.497 e. The number of likely N-dealkylation sites (tertiary alicyclic amines) is 1. The lowest BCUT2D eigenvalue weighted by Gasteiger charge is -2.32. The van der Waals surface area contributed by atoms with Crippen LogP contribution in [0.3, 0.4) is 0 Å². The van der Waals surface area contributed by atoms with Crippen molar-refractivity contribution in [2.75, 3.05) is 47.3 Å². The summed E-state index contributed by atoms with van der Waals surface area (Å²) in [6.07, 6.45) is 4.48. The van der Waals surface area contributed by atoms with E-state index in [-0.39, 0.29) is 23.8 Å². The highest BCUT2D eigenvalue weighted by molar-refractivity contribution is 6.58. The van der Waals surface area contributed by atoms with Crippen molar-refractivity contribution in [2.45, 2.75) is 32.0 Å². The lowest BCUT2D eigenvalue weighted by Crippen LogP contribution is -2.40. The van der Waals surface area contributed by atoms with Gasteiger partial charge in [-0.05, 0) is 59.8 Å². The monoisotopic (exact) mass is 856 g/mol. The van der Waals surface area contributed by atoms with Crippen LogP contribution < -0.4 is 40.8 Å². The van der Waals surface area contributed by atoms with Crippen LogP contribution in [0, 0.1) is 0 Å². The van der Waals surface area contributed by atoms with E-state index in [1.165, 1.54) is 40.8 Å². The zero-order valence-electron chi connectivity index (χ0n) is 35.4. The Labute approximate surface area is 364 Å². The second-order valence-corrected chi connectivity index (χ2v) is 14.4. The molecule has 0 radical (unpaired) electrons. The molecule has 0 saturated carbocycles. The van der Waals surface area contributed by atoms with Gasteiger partial charge in [0.15, 0.2) is 5.65 Å². The first-order chi connectivity index (χ1) is 30.4. The van der Waals surface area contributed by atoms with Crippen LogP contribution in [0.1, 0.15) is 50.7 Å². The second kappa shape index (κ2) is 20.9. The zero-order chi connectivity index (χ0) is 45.0. The van der Waals surface area contributed by atoms with Crippen LogP contribution in [0.2, 0.25) is 0 Å². The maximum absolute atomic E-state index is 12.8. The van der Waals surface area contributed by atoms with E-state index >= 15 is 0 Å². The number of aromatic nitrogens is 4. The van der Waals surface area contributed by atoms with Crippen molar-refractivity contribution in [3.05, 3.63) is 126 Å². The van der Waals surface area contributed by atoms with Crippen LogP contribution in [0.4, 0.5) is 5.82 Å². The van der Waals surface area contributed by atoms with Gasteiger partial charge in [0.1, 0.15) is 40.8 Å². The normalized spacial score (nSPS) is 13.2. The number of nitrogens with one attached hydrogen (secondary N) is 2. The third-order valence-corrected chi connectivity index (χ3v) is 10.4. The smallest absolute Gasteiger partial charge is 0.488 e. The predicted molar refractivity (Wildman–Crippen MR) is 238 cm³/mol. The minimum atomic E-state index is -1.50. The molecule has 3 heterocycles. The third-order valence-electron chi connectivity index (χ3n) is 10.4.